The highest BCUT2D eigenvalue weighted by molar-refractivity contribution is 7.15. The Morgan fingerprint density at radius 2 is 2.09 bits per heavy atom. The van der Waals surface area contributed by atoms with Crippen LogP contribution < -0.4 is 10.1 Å². The molecule has 2 aromatic rings. The lowest BCUT2D eigenvalue weighted by atomic mass is 10.2. The van der Waals surface area contributed by atoms with E-state index in [1.807, 2.05) is 12.1 Å². The van der Waals surface area contributed by atoms with Gasteiger partial charge in [0.2, 0.25) is 0 Å². The Labute approximate surface area is 144 Å². The monoisotopic (exact) mass is 350 g/mol. The number of nitrogens with one attached hydrogen (secondary N) is 1. The Bertz CT molecular complexity index is 678. The van der Waals surface area contributed by atoms with E-state index in [2.05, 4.69) is 10.3 Å². The van der Waals surface area contributed by atoms with E-state index in [1.54, 1.807) is 30.4 Å². The van der Waals surface area contributed by atoms with Gasteiger partial charge in [0, 0.05) is 4.88 Å². The highest BCUT2D eigenvalue weighted by atomic mass is 35.5. The molecule has 1 heterocycles. The highest BCUT2D eigenvalue weighted by Crippen LogP contribution is 2.29. The number of thiazole rings is 1. The zero-order valence-corrected chi connectivity index (χ0v) is 14.5. The molecule has 1 unspecified atom stereocenters. The molecule has 0 aliphatic heterocycles. The van der Waals surface area contributed by atoms with E-state index in [4.69, 9.17) is 16.3 Å². The maximum atomic E-state index is 12.3. The number of hydrogen-bond acceptors (Lipinski definition) is 4. The van der Waals surface area contributed by atoms with Gasteiger partial charge in [-0.25, -0.2) is 4.98 Å². The second-order valence-corrected chi connectivity index (χ2v) is 7.12. The van der Waals surface area contributed by atoms with Crippen LogP contribution in [0.2, 0.25) is 5.02 Å². The van der Waals surface area contributed by atoms with Crippen molar-refractivity contribution < 1.29 is 9.53 Å². The molecule has 0 radical (unpaired) electrons. The van der Waals surface area contributed by atoms with Crippen molar-refractivity contribution in [3.8, 4) is 5.75 Å². The lowest BCUT2D eigenvalue weighted by Gasteiger charge is -2.14. The smallest absolute Gasteiger partial charge is 0.266 e. The Morgan fingerprint density at radius 3 is 2.91 bits per heavy atom. The first-order chi connectivity index (χ1) is 11.1. The number of anilines is 1. The van der Waals surface area contributed by atoms with E-state index in [9.17, 15) is 4.79 Å². The van der Waals surface area contributed by atoms with Crippen LogP contribution in [0.1, 0.15) is 36.8 Å². The van der Waals surface area contributed by atoms with Gasteiger partial charge >= 0.3 is 0 Å². The van der Waals surface area contributed by atoms with Crippen molar-refractivity contribution in [1.29, 1.82) is 0 Å². The molecule has 1 aliphatic rings. The van der Waals surface area contributed by atoms with Crippen LogP contribution in [-0.4, -0.2) is 17.0 Å². The maximum absolute atomic E-state index is 12.3. The fourth-order valence-corrected chi connectivity index (χ4v) is 3.81. The lowest BCUT2D eigenvalue weighted by molar-refractivity contribution is -0.122. The molecule has 1 aromatic heterocycles. The number of rotatable bonds is 4. The number of benzene rings is 1. The van der Waals surface area contributed by atoms with Gasteiger partial charge in [-0.15, -0.1) is 11.3 Å². The van der Waals surface area contributed by atoms with Crippen LogP contribution in [0.4, 0.5) is 5.13 Å². The van der Waals surface area contributed by atoms with Gasteiger partial charge in [-0.2, -0.15) is 0 Å². The molecule has 1 amide bonds. The van der Waals surface area contributed by atoms with Gasteiger partial charge in [0.1, 0.15) is 5.75 Å². The summed E-state index contributed by atoms with van der Waals surface area (Å²) < 4.78 is 5.63. The minimum Gasteiger partial charge on any atom is -0.479 e. The van der Waals surface area contributed by atoms with Crippen molar-refractivity contribution in [3.05, 3.63) is 39.9 Å². The fourth-order valence-electron chi connectivity index (χ4n) is 2.57. The quantitative estimate of drug-likeness (QED) is 0.827. The molecular formula is C17H19ClN2O2S. The summed E-state index contributed by atoms with van der Waals surface area (Å²) in [5.74, 6) is 0.292. The molecule has 0 saturated carbocycles. The van der Waals surface area contributed by atoms with Gasteiger partial charge in [-0.1, -0.05) is 30.2 Å². The third kappa shape index (κ3) is 4.03. The number of ether oxygens (including phenoxy) is 1. The maximum Gasteiger partial charge on any atom is 0.266 e. The number of amides is 1. The standard InChI is InChI=1S/C17H19ClN2O2S/c1-11(22-14-9-6-5-7-12(14)18)16(21)20-17-19-13-8-3-2-4-10-15(13)23-17/h5-7,9,11H,2-4,8,10H2,1H3,(H,19,20,21). The molecule has 0 bridgehead atoms. The van der Waals surface area contributed by atoms with Gasteiger partial charge in [0.25, 0.3) is 5.91 Å². The second-order valence-electron chi connectivity index (χ2n) is 5.63. The molecule has 1 atom stereocenters. The molecular weight excluding hydrogens is 332 g/mol. The van der Waals surface area contributed by atoms with Gasteiger partial charge < -0.3 is 4.74 Å². The number of carbonyl (C=O) groups is 1. The molecule has 6 heteroatoms. The average Bonchev–Trinajstić information content (AvgIpc) is 2.78. The van der Waals surface area contributed by atoms with E-state index >= 15 is 0 Å². The van der Waals surface area contributed by atoms with E-state index in [1.165, 1.54) is 24.1 Å². The zero-order chi connectivity index (χ0) is 16.2. The van der Waals surface area contributed by atoms with Crippen molar-refractivity contribution >= 4 is 34.0 Å². The van der Waals surface area contributed by atoms with Gasteiger partial charge in [0.15, 0.2) is 11.2 Å². The van der Waals surface area contributed by atoms with Gasteiger partial charge in [-0.05, 0) is 44.7 Å². The summed E-state index contributed by atoms with van der Waals surface area (Å²) in [5.41, 5.74) is 1.14. The van der Waals surface area contributed by atoms with Crippen LogP contribution >= 0.6 is 22.9 Å². The Kier molecular flexibility index (Phi) is 5.18. The van der Waals surface area contributed by atoms with Crippen LogP contribution in [-0.2, 0) is 17.6 Å². The number of hydrogen-bond donors (Lipinski definition) is 1. The topological polar surface area (TPSA) is 51.2 Å². The van der Waals surface area contributed by atoms with E-state index < -0.39 is 6.10 Å². The summed E-state index contributed by atoms with van der Waals surface area (Å²) in [6.07, 6.45) is 5.07. The van der Waals surface area contributed by atoms with Crippen LogP contribution in [0.15, 0.2) is 24.3 Å². The number of halogens is 1. The summed E-state index contributed by atoms with van der Waals surface area (Å²) in [6, 6.07) is 7.13. The minimum absolute atomic E-state index is 0.214. The van der Waals surface area contributed by atoms with Gasteiger partial charge in [0.05, 0.1) is 10.7 Å². The summed E-state index contributed by atoms with van der Waals surface area (Å²) in [6.45, 7) is 1.71. The van der Waals surface area contributed by atoms with E-state index in [0.29, 0.717) is 15.9 Å². The first-order valence-corrected chi connectivity index (χ1v) is 9.03. The van der Waals surface area contributed by atoms with Crippen molar-refractivity contribution in [3.63, 3.8) is 0 Å². The van der Waals surface area contributed by atoms with Crippen LogP contribution in [0.5, 0.6) is 5.75 Å². The number of aryl methyl sites for hydroxylation is 2. The molecule has 0 fully saturated rings. The van der Waals surface area contributed by atoms with Crippen molar-refractivity contribution in [2.75, 3.05) is 5.32 Å². The first-order valence-electron chi connectivity index (χ1n) is 7.84. The van der Waals surface area contributed by atoms with Crippen LogP contribution in [0, 0.1) is 0 Å². The normalized spacial score (nSPS) is 15.4. The number of aromatic nitrogens is 1. The Morgan fingerprint density at radius 1 is 1.30 bits per heavy atom. The largest absolute Gasteiger partial charge is 0.479 e. The van der Waals surface area contributed by atoms with Crippen LogP contribution in [0.3, 0.4) is 0 Å². The van der Waals surface area contributed by atoms with E-state index in [0.717, 1.165) is 18.5 Å². The van der Waals surface area contributed by atoms with E-state index in [-0.39, 0.29) is 5.91 Å². The number of fused-ring (bicyclic) bond motifs is 1. The third-order valence-corrected chi connectivity index (χ3v) is 5.22. The number of para-hydroxylation sites is 1. The molecule has 0 saturated heterocycles. The number of carbonyl (C=O) groups excluding carboxylic acids is 1. The minimum atomic E-state index is -0.640. The molecule has 1 aliphatic carbocycles. The first kappa shape index (κ1) is 16.3. The molecule has 4 nitrogen and oxygen atoms in total. The summed E-state index contributed by atoms with van der Waals surface area (Å²) >= 11 is 7.63. The van der Waals surface area contributed by atoms with Crippen LogP contribution in [0.25, 0.3) is 0 Å². The second kappa shape index (κ2) is 7.32. The molecule has 3 rings (SSSR count). The van der Waals surface area contributed by atoms with Crippen molar-refractivity contribution in [1.82, 2.24) is 4.98 Å². The lowest BCUT2D eigenvalue weighted by Crippen LogP contribution is -2.30. The fraction of sp³-hybridized carbons (Fsp3) is 0.412. The molecule has 1 aromatic carbocycles. The summed E-state index contributed by atoms with van der Waals surface area (Å²) in [5, 5.41) is 4.02. The van der Waals surface area contributed by atoms with Gasteiger partial charge in [-0.3, -0.25) is 10.1 Å². The molecule has 23 heavy (non-hydrogen) atoms. The molecule has 0 spiro atoms. The predicted molar refractivity (Wildman–Crippen MR) is 93.5 cm³/mol. The molecule has 1 N–H and O–H groups in total. The number of nitrogens with zero attached hydrogens (tertiary/aromatic N) is 1. The summed E-state index contributed by atoms with van der Waals surface area (Å²) in [7, 11) is 0. The summed E-state index contributed by atoms with van der Waals surface area (Å²) in [4.78, 5) is 18.2. The highest BCUT2D eigenvalue weighted by Gasteiger charge is 2.20. The third-order valence-electron chi connectivity index (χ3n) is 3.84. The zero-order valence-electron chi connectivity index (χ0n) is 13.0. The Balaban J connectivity index is 1.63. The molecule has 122 valence electrons. The van der Waals surface area contributed by atoms with Crippen molar-refractivity contribution in [2.24, 2.45) is 0 Å². The SMILES string of the molecule is CC(Oc1ccccc1Cl)C(=O)Nc1nc2c(s1)CCCCC2. The Hall–Kier alpha value is -1.59. The van der Waals surface area contributed by atoms with Crippen molar-refractivity contribution in [2.45, 2.75) is 45.1 Å². The predicted octanol–water partition coefficient (Wildman–Crippen LogP) is 4.47. The average molecular weight is 351 g/mol.